The van der Waals surface area contributed by atoms with Gasteiger partial charge in [-0.05, 0) is 25.0 Å². The molecule has 0 unspecified atom stereocenters. The lowest BCUT2D eigenvalue weighted by atomic mass is 10.1. The third kappa shape index (κ3) is 2.99. The highest BCUT2D eigenvalue weighted by atomic mass is 19.4. The molecule has 2 nitrogen and oxygen atoms in total. The van der Waals surface area contributed by atoms with Crippen LogP contribution in [-0.2, 0) is 12.6 Å². The molecule has 0 aliphatic heterocycles. The van der Waals surface area contributed by atoms with E-state index >= 15 is 0 Å². The van der Waals surface area contributed by atoms with Gasteiger partial charge in [0.25, 0.3) is 0 Å². The van der Waals surface area contributed by atoms with Gasteiger partial charge in [0.05, 0.1) is 0 Å². The summed E-state index contributed by atoms with van der Waals surface area (Å²) in [5.74, 6) is 0. The maximum absolute atomic E-state index is 12.1. The van der Waals surface area contributed by atoms with Gasteiger partial charge in [0, 0.05) is 12.2 Å². The van der Waals surface area contributed by atoms with Crippen LogP contribution in [0.4, 0.5) is 13.2 Å². The molecule has 78 valence electrons. The standard InChI is InChI=1S/C9H11F3N2/c1-6(13)4-7-2-3-8(14-5-7)9(10,11)12/h2-3,5-6H,4,13H2,1H3/t6-/m0/s1. The summed E-state index contributed by atoms with van der Waals surface area (Å²) < 4.78 is 36.3. The fourth-order valence-corrected chi connectivity index (χ4v) is 1.08. The molecular weight excluding hydrogens is 193 g/mol. The van der Waals surface area contributed by atoms with Crippen LogP contribution in [0.25, 0.3) is 0 Å². The van der Waals surface area contributed by atoms with Crippen molar-refractivity contribution in [2.24, 2.45) is 5.73 Å². The zero-order valence-electron chi connectivity index (χ0n) is 7.67. The first-order chi connectivity index (χ1) is 6.39. The van der Waals surface area contributed by atoms with Crippen LogP contribution in [0, 0.1) is 0 Å². The SMILES string of the molecule is C[C@H](N)Cc1ccc(C(F)(F)F)nc1. The van der Waals surface area contributed by atoms with E-state index in [9.17, 15) is 13.2 Å². The number of rotatable bonds is 2. The van der Waals surface area contributed by atoms with Crippen LogP contribution in [0.2, 0.25) is 0 Å². The molecule has 0 fully saturated rings. The number of halogens is 3. The van der Waals surface area contributed by atoms with Gasteiger partial charge in [-0.3, -0.25) is 4.98 Å². The summed E-state index contributed by atoms with van der Waals surface area (Å²) in [5, 5.41) is 0. The van der Waals surface area contributed by atoms with Crippen molar-refractivity contribution in [2.75, 3.05) is 0 Å². The number of hydrogen-bond acceptors (Lipinski definition) is 2. The first-order valence-corrected chi connectivity index (χ1v) is 4.17. The summed E-state index contributed by atoms with van der Waals surface area (Å²) in [4.78, 5) is 3.32. The molecule has 1 heterocycles. The number of aromatic nitrogens is 1. The third-order valence-corrected chi connectivity index (χ3v) is 1.67. The lowest BCUT2D eigenvalue weighted by molar-refractivity contribution is -0.141. The molecule has 0 aliphatic rings. The van der Waals surface area contributed by atoms with E-state index in [4.69, 9.17) is 5.73 Å². The second kappa shape index (κ2) is 3.96. The summed E-state index contributed by atoms with van der Waals surface area (Å²) >= 11 is 0. The number of nitrogens with zero attached hydrogens (tertiary/aromatic N) is 1. The Morgan fingerprint density at radius 2 is 2.07 bits per heavy atom. The molecule has 1 atom stereocenters. The molecule has 5 heteroatoms. The monoisotopic (exact) mass is 204 g/mol. The van der Waals surface area contributed by atoms with E-state index < -0.39 is 11.9 Å². The molecule has 0 aromatic carbocycles. The second-order valence-electron chi connectivity index (χ2n) is 3.23. The van der Waals surface area contributed by atoms with Gasteiger partial charge < -0.3 is 5.73 Å². The van der Waals surface area contributed by atoms with E-state index in [1.54, 1.807) is 6.92 Å². The summed E-state index contributed by atoms with van der Waals surface area (Å²) in [6, 6.07) is 2.30. The first-order valence-electron chi connectivity index (χ1n) is 4.17. The van der Waals surface area contributed by atoms with E-state index in [0.717, 1.165) is 6.07 Å². The molecule has 1 rings (SSSR count). The van der Waals surface area contributed by atoms with Crippen LogP contribution in [0.5, 0.6) is 0 Å². The lowest BCUT2D eigenvalue weighted by Gasteiger charge is -2.07. The van der Waals surface area contributed by atoms with Crippen molar-refractivity contribution >= 4 is 0 Å². The van der Waals surface area contributed by atoms with E-state index in [1.165, 1.54) is 12.3 Å². The Balaban J connectivity index is 2.79. The molecule has 0 amide bonds. The Bertz CT molecular complexity index is 290. The molecule has 1 aromatic rings. The molecule has 2 N–H and O–H groups in total. The van der Waals surface area contributed by atoms with Crippen LogP contribution in [0.3, 0.4) is 0 Å². The predicted molar refractivity (Wildman–Crippen MR) is 46.6 cm³/mol. The topological polar surface area (TPSA) is 38.9 Å². The molecule has 0 bridgehead atoms. The van der Waals surface area contributed by atoms with Crippen LogP contribution < -0.4 is 5.73 Å². The number of hydrogen-bond donors (Lipinski definition) is 1. The van der Waals surface area contributed by atoms with Crippen LogP contribution in [0.1, 0.15) is 18.2 Å². The van der Waals surface area contributed by atoms with Gasteiger partial charge in [-0.25, -0.2) is 0 Å². The smallest absolute Gasteiger partial charge is 0.328 e. The molecule has 1 aromatic heterocycles. The number of alkyl halides is 3. The summed E-state index contributed by atoms with van der Waals surface area (Å²) in [6.45, 7) is 1.79. The fourth-order valence-electron chi connectivity index (χ4n) is 1.08. The number of nitrogens with two attached hydrogens (primary N) is 1. The normalized spacial score (nSPS) is 14.1. The van der Waals surface area contributed by atoms with Crippen molar-refractivity contribution in [1.82, 2.24) is 4.98 Å². The zero-order valence-corrected chi connectivity index (χ0v) is 7.67. The van der Waals surface area contributed by atoms with Crippen LogP contribution in [-0.4, -0.2) is 11.0 Å². The van der Waals surface area contributed by atoms with Gasteiger partial charge >= 0.3 is 6.18 Å². The zero-order chi connectivity index (χ0) is 10.8. The molecule has 0 spiro atoms. The molecular formula is C9H11F3N2. The van der Waals surface area contributed by atoms with Gasteiger partial charge in [0.15, 0.2) is 0 Å². The van der Waals surface area contributed by atoms with Gasteiger partial charge in [-0.2, -0.15) is 13.2 Å². The van der Waals surface area contributed by atoms with E-state index in [-0.39, 0.29) is 6.04 Å². The van der Waals surface area contributed by atoms with Gasteiger partial charge in [-0.1, -0.05) is 6.07 Å². The quantitative estimate of drug-likeness (QED) is 0.800. The van der Waals surface area contributed by atoms with Crippen molar-refractivity contribution in [3.8, 4) is 0 Å². The molecule has 14 heavy (non-hydrogen) atoms. The Labute approximate surface area is 79.9 Å². The minimum absolute atomic E-state index is 0.0754. The molecule has 0 radical (unpaired) electrons. The minimum Gasteiger partial charge on any atom is -0.328 e. The number of pyridine rings is 1. The van der Waals surface area contributed by atoms with E-state index in [2.05, 4.69) is 4.98 Å². The first kappa shape index (κ1) is 11.0. The Morgan fingerprint density at radius 3 is 2.43 bits per heavy atom. The minimum atomic E-state index is -4.37. The molecule has 0 saturated carbocycles. The molecule has 0 saturated heterocycles. The highest BCUT2D eigenvalue weighted by molar-refractivity contribution is 5.16. The Morgan fingerprint density at radius 1 is 1.43 bits per heavy atom. The molecule has 0 aliphatic carbocycles. The summed E-state index contributed by atoms with van der Waals surface area (Å²) in [6.07, 6.45) is -2.62. The van der Waals surface area contributed by atoms with Gasteiger partial charge in [0.1, 0.15) is 5.69 Å². The largest absolute Gasteiger partial charge is 0.433 e. The van der Waals surface area contributed by atoms with Crippen molar-refractivity contribution in [3.63, 3.8) is 0 Å². The van der Waals surface area contributed by atoms with Crippen LogP contribution >= 0.6 is 0 Å². The Hall–Kier alpha value is -1.10. The Kier molecular flexibility index (Phi) is 3.10. The maximum atomic E-state index is 12.1. The average molecular weight is 204 g/mol. The van der Waals surface area contributed by atoms with Crippen molar-refractivity contribution in [2.45, 2.75) is 25.6 Å². The lowest BCUT2D eigenvalue weighted by Crippen LogP contribution is -2.18. The second-order valence-corrected chi connectivity index (χ2v) is 3.23. The highest BCUT2D eigenvalue weighted by Crippen LogP contribution is 2.27. The van der Waals surface area contributed by atoms with Crippen molar-refractivity contribution in [1.29, 1.82) is 0 Å². The van der Waals surface area contributed by atoms with E-state index in [0.29, 0.717) is 12.0 Å². The predicted octanol–water partition coefficient (Wildman–Crippen LogP) is 1.99. The third-order valence-electron chi connectivity index (χ3n) is 1.67. The summed E-state index contributed by atoms with van der Waals surface area (Å²) in [7, 11) is 0. The van der Waals surface area contributed by atoms with Crippen LogP contribution in [0.15, 0.2) is 18.3 Å². The van der Waals surface area contributed by atoms with E-state index in [1.807, 2.05) is 0 Å². The summed E-state index contributed by atoms with van der Waals surface area (Å²) in [5.41, 5.74) is 5.34. The maximum Gasteiger partial charge on any atom is 0.433 e. The fraction of sp³-hybridized carbons (Fsp3) is 0.444. The van der Waals surface area contributed by atoms with Crippen molar-refractivity contribution < 1.29 is 13.2 Å². The van der Waals surface area contributed by atoms with Gasteiger partial charge in [-0.15, -0.1) is 0 Å². The van der Waals surface area contributed by atoms with Crippen molar-refractivity contribution in [3.05, 3.63) is 29.6 Å². The average Bonchev–Trinajstić information content (AvgIpc) is 2.02. The van der Waals surface area contributed by atoms with Gasteiger partial charge in [0.2, 0.25) is 0 Å². The highest BCUT2D eigenvalue weighted by Gasteiger charge is 2.31.